The number of ketones is 1. The summed E-state index contributed by atoms with van der Waals surface area (Å²) in [6.45, 7) is 5.29. The monoisotopic (exact) mass is 262 g/mol. The Bertz CT molecular complexity index is 540. The molecule has 0 aromatic heterocycles. The molecule has 2 aliphatic rings. The molecule has 2 aliphatic carbocycles. The van der Waals surface area contributed by atoms with Crippen molar-refractivity contribution in [3.05, 3.63) is 35.5 Å². The molecule has 2 N–H and O–H groups in total. The van der Waals surface area contributed by atoms with Gasteiger partial charge >= 0.3 is 5.97 Å². The molecule has 1 fully saturated rings. The minimum Gasteiger partial charge on any atom is -0.478 e. The van der Waals surface area contributed by atoms with Crippen LogP contribution in [-0.2, 0) is 9.59 Å². The van der Waals surface area contributed by atoms with E-state index in [2.05, 4.69) is 0 Å². The summed E-state index contributed by atoms with van der Waals surface area (Å²) in [6, 6.07) is 0. The number of aliphatic carboxylic acids is 1. The highest BCUT2D eigenvalue weighted by molar-refractivity contribution is 5.97. The Balaban J connectivity index is 2.33. The summed E-state index contributed by atoms with van der Waals surface area (Å²) < 4.78 is 0. The zero-order valence-corrected chi connectivity index (χ0v) is 11.3. The number of carboxylic acid groups (broad SMARTS) is 1. The van der Waals surface area contributed by atoms with E-state index in [1.54, 1.807) is 26.0 Å². The predicted octanol–water partition coefficient (Wildman–Crippen LogP) is 1.86. The Morgan fingerprint density at radius 1 is 1.53 bits per heavy atom. The molecule has 0 aliphatic heterocycles. The van der Waals surface area contributed by atoms with E-state index in [4.69, 9.17) is 5.11 Å². The minimum absolute atomic E-state index is 0.0795. The second-order valence-corrected chi connectivity index (χ2v) is 5.73. The first-order chi connectivity index (χ1) is 8.70. The van der Waals surface area contributed by atoms with Crippen molar-refractivity contribution in [1.29, 1.82) is 0 Å². The highest BCUT2D eigenvalue weighted by atomic mass is 16.4. The minimum atomic E-state index is -1.17. The van der Waals surface area contributed by atoms with E-state index in [1.165, 1.54) is 6.08 Å². The molecular formula is C15H18O4. The highest BCUT2D eigenvalue weighted by Crippen LogP contribution is 2.64. The third kappa shape index (κ3) is 2.06. The van der Waals surface area contributed by atoms with Crippen molar-refractivity contribution in [2.24, 2.45) is 11.3 Å². The van der Waals surface area contributed by atoms with Crippen molar-refractivity contribution in [3.8, 4) is 0 Å². The van der Waals surface area contributed by atoms with Crippen molar-refractivity contribution in [2.75, 3.05) is 0 Å². The molecule has 2 rings (SSSR count). The molecule has 102 valence electrons. The Labute approximate surface area is 112 Å². The lowest BCUT2D eigenvalue weighted by molar-refractivity contribution is -0.131. The number of hydrogen-bond acceptors (Lipinski definition) is 3. The molecule has 4 heteroatoms. The van der Waals surface area contributed by atoms with E-state index in [1.807, 2.05) is 6.92 Å². The molecule has 19 heavy (non-hydrogen) atoms. The first kappa shape index (κ1) is 13.7. The summed E-state index contributed by atoms with van der Waals surface area (Å²) in [4.78, 5) is 22.3. The van der Waals surface area contributed by atoms with E-state index in [0.717, 1.165) is 6.08 Å². The van der Waals surface area contributed by atoms with Crippen LogP contribution in [0, 0.1) is 11.3 Å². The van der Waals surface area contributed by atoms with Crippen LogP contribution in [0.25, 0.3) is 0 Å². The van der Waals surface area contributed by atoms with Gasteiger partial charge in [0.05, 0.1) is 0 Å². The van der Waals surface area contributed by atoms with Gasteiger partial charge in [-0.2, -0.15) is 0 Å². The van der Waals surface area contributed by atoms with Crippen molar-refractivity contribution < 1.29 is 19.8 Å². The lowest BCUT2D eigenvalue weighted by Crippen LogP contribution is -2.42. The van der Waals surface area contributed by atoms with Gasteiger partial charge in [0.2, 0.25) is 0 Å². The third-order valence-electron chi connectivity index (χ3n) is 4.35. The van der Waals surface area contributed by atoms with Crippen molar-refractivity contribution >= 4 is 11.8 Å². The molecule has 0 spiro atoms. The van der Waals surface area contributed by atoms with Gasteiger partial charge in [0.25, 0.3) is 0 Å². The van der Waals surface area contributed by atoms with Crippen molar-refractivity contribution in [2.45, 2.75) is 32.8 Å². The van der Waals surface area contributed by atoms with Gasteiger partial charge in [-0.05, 0) is 43.6 Å². The molecule has 0 unspecified atom stereocenters. The fraction of sp³-hybridized carbons (Fsp3) is 0.467. The van der Waals surface area contributed by atoms with Crippen LogP contribution in [0.4, 0.5) is 0 Å². The number of carbonyl (C=O) groups excluding carboxylic acids is 1. The molecule has 0 bridgehead atoms. The summed E-state index contributed by atoms with van der Waals surface area (Å²) in [5.74, 6) is -1.05. The Morgan fingerprint density at radius 2 is 2.16 bits per heavy atom. The lowest BCUT2D eigenvalue weighted by Gasteiger charge is -2.36. The van der Waals surface area contributed by atoms with Gasteiger partial charge in [0.15, 0.2) is 5.78 Å². The molecule has 0 aromatic carbocycles. The predicted molar refractivity (Wildman–Crippen MR) is 70.5 cm³/mol. The molecular weight excluding hydrogens is 244 g/mol. The largest absolute Gasteiger partial charge is 0.478 e. The Kier molecular flexibility index (Phi) is 3.01. The molecule has 0 amide bonds. The van der Waals surface area contributed by atoms with Crippen LogP contribution >= 0.6 is 0 Å². The molecule has 3 atom stereocenters. The Morgan fingerprint density at radius 3 is 2.74 bits per heavy atom. The lowest BCUT2D eigenvalue weighted by atomic mass is 9.73. The molecule has 0 radical (unpaired) electrons. The van der Waals surface area contributed by atoms with Gasteiger partial charge in [-0.25, -0.2) is 4.79 Å². The molecule has 0 aromatic rings. The van der Waals surface area contributed by atoms with Gasteiger partial charge in [-0.1, -0.05) is 13.0 Å². The van der Waals surface area contributed by atoms with E-state index in [0.29, 0.717) is 17.6 Å². The van der Waals surface area contributed by atoms with Crippen molar-refractivity contribution in [1.82, 2.24) is 0 Å². The van der Waals surface area contributed by atoms with Crippen LogP contribution in [0.3, 0.4) is 0 Å². The van der Waals surface area contributed by atoms with Crippen LogP contribution in [0.2, 0.25) is 0 Å². The van der Waals surface area contributed by atoms with E-state index in [9.17, 15) is 14.7 Å². The maximum atomic E-state index is 11.7. The van der Waals surface area contributed by atoms with E-state index in [-0.39, 0.29) is 11.7 Å². The average molecular weight is 262 g/mol. The number of hydrogen-bond donors (Lipinski definition) is 2. The maximum Gasteiger partial charge on any atom is 0.328 e. The zero-order chi connectivity index (χ0) is 14.4. The standard InChI is InChI=1S/C15H18O4/c1-9(6-13(17)18)4-5-15(19)10(2)7-12(16)11-8-14(11,15)3/h4-7,11,19H,8H2,1-3H3,(H,17,18)/b5-4+,9-6-/t11-,14-,15-/m1/s1. The first-order valence-corrected chi connectivity index (χ1v) is 6.26. The highest BCUT2D eigenvalue weighted by Gasteiger charge is 2.67. The summed E-state index contributed by atoms with van der Waals surface area (Å²) in [5.41, 5.74) is -0.457. The number of fused-ring (bicyclic) bond motifs is 1. The summed E-state index contributed by atoms with van der Waals surface area (Å²) in [6.07, 6.45) is 6.46. The van der Waals surface area contributed by atoms with Crippen LogP contribution in [0.1, 0.15) is 27.2 Å². The van der Waals surface area contributed by atoms with Crippen LogP contribution in [-0.4, -0.2) is 27.6 Å². The summed E-state index contributed by atoms with van der Waals surface area (Å²) >= 11 is 0. The topological polar surface area (TPSA) is 74.6 Å². The van der Waals surface area contributed by atoms with Crippen molar-refractivity contribution in [3.63, 3.8) is 0 Å². The van der Waals surface area contributed by atoms with Gasteiger partial charge in [-0.15, -0.1) is 0 Å². The zero-order valence-electron chi connectivity index (χ0n) is 11.3. The summed E-state index contributed by atoms with van der Waals surface area (Å²) in [5, 5.41) is 19.5. The smallest absolute Gasteiger partial charge is 0.328 e. The van der Waals surface area contributed by atoms with E-state index >= 15 is 0 Å². The maximum absolute atomic E-state index is 11.7. The Hall–Kier alpha value is -1.68. The van der Waals surface area contributed by atoms with Gasteiger partial charge < -0.3 is 10.2 Å². The second kappa shape index (κ2) is 4.17. The fourth-order valence-corrected chi connectivity index (χ4v) is 2.89. The summed E-state index contributed by atoms with van der Waals surface area (Å²) in [7, 11) is 0. The normalized spacial score (nSPS) is 38.1. The van der Waals surface area contributed by atoms with E-state index < -0.39 is 17.0 Å². The quantitative estimate of drug-likeness (QED) is 0.601. The number of rotatable bonds is 3. The molecule has 4 nitrogen and oxygen atoms in total. The molecule has 0 heterocycles. The fourth-order valence-electron chi connectivity index (χ4n) is 2.89. The van der Waals surface area contributed by atoms with Crippen LogP contribution in [0.15, 0.2) is 35.5 Å². The van der Waals surface area contributed by atoms with Crippen LogP contribution < -0.4 is 0 Å². The number of carboxylic acids is 1. The first-order valence-electron chi connectivity index (χ1n) is 6.26. The third-order valence-corrected chi connectivity index (χ3v) is 4.35. The van der Waals surface area contributed by atoms with Crippen LogP contribution in [0.5, 0.6) is 0 Å². The average Bonchev–Trinajstić information content (AvgIpc) is 2.98. The van der Waals surface area contributed by atoms with Gasteiger partial charge in [0, 0.05) is 17.4 Å². The van der Waals surface area contributed by atoms with Gasteiger partial charge in [-0.3, -0.25) is 4.79 Å². The SMILES string of the molecule is CC1=CC(=O)[C@H]2C[C@@]2(C)[C@@]1(O)/C=C/C(C)=C\C(=O)O. The molecule has 1 saturated carbocycles. The number of allylic oxidation sites excluding steroid dienone is 3. The number of aliphatic hydroxyl groups is 1. The van der Waals surface area contributed by atoms with Gasteiger partial charge in [0.1, 0.15) is 5.60 Å². The number of carbonyl (C=O) groups is 2. The molecule has 0 saturated heterocycles. The second-order valence-electron chi connectivity index (χ2n) is 5.73.